The summed E-state index contributed by atoms with van der Waals surface area (Å²) in [5.74, 6) is 1.74. The Labute approximate surface area is 97.4 Å². The molecule has 4 nitrogen and oxygen atoms in total. The van der Waals surface area contributed by atoms with E-state index in [2.05, 4.69) is 16.8 Å². The largest absolute Gasteiger partial charge is 0.493 e. The standard InChI is InChI=1S/C12H21N3O/c1-3-9-15(10-5-7-13)12-11(16-2)6-4-8-14-12/h4,6,8H,3,5,7,9-10,13H2,1-2H3. The molecule has 1 aromatic heterocycles. The minimum absolute atomic E-state index is 0.704. The van der Waals surface area contributed by atoms with E-state index in [1.54, 1.807) is 13.3 Å². The number of rotatable bonds is 7. The van der Waals surface area contributed by atoms with Crippen molar-refractivity contribution in [2.24, 2.45) is 5.73 Å². The summed E-state index contributed by atoms with van der Waals surface area (Å²) in [6.45, 7) is 4.77. The van der Waals surface area contributed by atoms with Crippen molar-refractivity contribution in [2.75, 3.05) is 31.6 Å². The number of methoxy groups -OCH3 is 1. The molecule has 0 spiro atoms. The molecule has 0 saturated carbocycles. The van der Waals surface area contributed by atoms with E-state index in [1.807, 2.05) is 12.1 Å². The number of nitrogens with zero attached hydrogens (tertiary/aromatic N) is 2. The average Bonchev–Trinajstić information content (AvgIpc) is 2.34. The van der Waals surface area contributed by atoms with Crippen LogP contribution in [-0.2, 0) is 0 Å². The van der Waals surface area contributed by atoms with Gasteiger partial charge in [-0.2, -0.15) is 0 Å². The molecule has 16 heavy (non-hydrogen) atoms. The van der Waals surface area contributed by atoms with Crippen LogP contribution < -0.4 is 15.4 Å². The molecule has 1 rings (SSSR count). The Bertz CT molecular complexity index is 304. The van der Waals surface area contributed by atoms with E-state index in [0.29, 0.717) is 6.54 Å². The van der Waals surface area contributed by atoms with Gasteiger partial charge < -0.3 is 15.4 Å². The molecule has 0 aromatic carbocycles. The average molecular weight is 223 g/mol. The Kier molecular flexibility index (Phi) is 5.64. The fraction of sp³-hybridized carbons (Fsp3) is 0.583. The zero-order valence-electron chi connectivity index (χ0n) is 10.1. The first-order valence-corrected chi connectivity index (χ1v) is 5.77. The van der Waals surface area contributed by atoms with Crippen LogP contribution in [0, 0.1) is 0 Å². The van der Waals surface area contributed by atoms with Gasteiger partial charge >= 0.3 is 0 Å². The summed E-state index contributed by atoms with van der Waals surface area (Å²) in [6.07, 6.45) is 3.85. The van der Waals surface area contributed by atoms with Gasteiger partial charge in [-0.1, -0.05) is 6.92 Å². The molecule has 0 saturated heterocycles. The lowest BCUT2D eigenvalue weighted by Crippen LogP contribution is -2.28. The molecule has 90 valence electrons. The van der Waals surface area contributed by atoms with E-state index < -0.39 is 0 Å². The Balaban J connectivity index is 2.81. The summed E-state index contributed by atoms with van der Waals surface area (Å²) in [5, 5.41) is 0. The lowest BCUT2D eigenvalue weighted by molar-refractivity contribution is 0.412. The van der Waals surface area contributed by atoms with Crippen LogP contribution in [0.2, 0.25) is 0 Å². The molecule has 0 bridgehead atoms. The number of ether oxygens (including phenoxy) is 1. The highest BCUT2D eigenvalue weighted by Gasteiger charge is 2.11. The van der Waals surface area contributed by atoms with Crippen LogP contribution in [0.15, 0.2) is 18.3 Å². The highest BCUT2D eigenvalue weighted by Crippen LogP contribution is 2.24. The van der Waals surface area contributed by atoms with Crippen molar-refractivity contribution in [2.45, 2.75) is 19.8 Å². The third kappa shape index (κ3) is 3.38. The number of anilines is 1. The van der Waals surface area contributed by atoms with E-state index in [0.717, 1.165) is 37.5 Å². The van der Waals surface area contributed by atoms with Gasteiger partial charge in [0, 0.05) is 19.3 Å². The normalized spacial score (nSPS) is 10.2. The second kappa shape index (κ2) is 7.06. The number of pyridine rings is 1. The van der Waals surface area contributed by atoms with Gasteiger partial charge in [0.2, 0.25) is 0 Å². The molecule has 0 unspecified atom stereocenters. The molecule has 1 aromatic rings. The van der Waals surface area contributed by atoms with Crippen LogP contribution in [0.3, 0.4) is 0 Å². The van der Waals surface area contributed by atoms with Crippen molar-refractivity contribution in [3.8, 4) is 5.75 Å². The van der Waals surface area contributed by atoms with Crippen molar-refractivity contribution in [3.63, 3.8) is 0 Å². The first-order chi connectivity index (χ1) is 7.83. The summed E-state index contributed by atoms with van der Waals surface area (Å²) >= 11 is 0. The minimum Gasteiger partial charge on any atom is -0.493 e. The number of hydrogen-bond donors (Lipinski definition) is 1. The minimum atomic E-state index is 0.704. The van der Waals surface area contributed by atoms with E-state index in [4.69, 9.17) is 10.5 Å². The highest BCUT2D eigenvalue weighted by molar-refractivity contribution is 5.51. The maximum atomic E-state index is 5.54. The molecular formula is C12H21N3O. The highest BCUT2D eigenvalue weighted by atomic mass is 16.5. The van der Waals surface area contributed by atoms with E-state index >= 15 is 0 Å². The fourth-order valence-electron chi connectivity index (χ4n) is 1.65. The van der Waals surface area contributed by atoms with Gasteiger partial charge in [-0.05, 0) is 31.5 Å². The van der Waals surface area contributed by atoms with Gasteiger partial charge in [0.05, 0.1) is 7.11 Å². The Hall–Kier alpha value is -1.29. The van der Waals surface area contributed by atoms with Crippen molar-refractivity contribution < 1.29 is 4.74 Å². The van der Waals surface area contributed by atoms with Gasteiger partial charge in [0.25, 0.3) is 0 Å². The Morgan fingerprint density at radius 3 is 2.88 bits per heavy atom. The quantitative estimate of drug-likeness (QED) is 0.763. The number of nitrogens with two attached hydrogens (primary N) is 1. The van der Waals surface area contributed by atoms with Crippen molar-refractivity contribution in [1.29, 1.82) is 0 Å². The Morgan fingerprint density at radius 2 is 2.25 bits per heavy atom. The van der Waals surface area contributed by atoms with E-state index in [9.17, 15) is 0 Å². The molecule has 0 fully saturated rings. The van der Waals surface area contributed by atoms with E-state index in [-0.39, 0.29) is 0 Å². The SMILES string of the molecule is CCCN(CCCN)c1ncccc1OC. The van der Waals surface area contributed by atoms with Gasteiger partial charge in [-0.25, -0.2) is 4.98 Å². The molecule has 0 aliphatic rings. The summed E-state index contributed by atoms with van der Waals surface area (Å²) in [6, 6.07) is 3.82. The predicted molar refractivity (Wildman–Crippen MR) is 67.0 cm³/mol. The fourth-order valence-corrected chi connectivity index (χ4v) is 1.65. The molecule has 4 heteroatoms. The van der Waals surface area contributed by atoms with Crippen LogP contribution >= 0.6 is 0 Å². The third-order valence-corrected chi connectivity index (χ3v) is 2.40. The summed E-state index contributed by atoms with van der Waals surface area (Å²) in [4.78, 5) is 6.61. The van der Waals surface area contributed by atoms with Crippen LogP contribution in [0.5, 0.6) is 5.75 Å². The molecule has 0 amide bonds. The van der Waals surface area contributed by atoms with Crippen LogP contribution in [0.1, 0.15) is 19.8 Å². The molecule has 0 aliphatic heterocycles. The van der Waals surface area contributed by atoms with Crippen molar-refractivity contribution >= 4 is 5.82 Å². The van der Waals surface area contributed by atoms with Crippen LogP contribution in [0.25, 0.3) is 0 Å². The second-order valence-electron chi connectivity index (χ2n) is 3.66. The maximum absolute atomic E-state index is 5.54. The molecule has 0 aliphatic carbocycles. The zero-order chi connectivity index (χ0) is 11.8. The van der Waals surface area contributed by atoms with Crippen LogP contribution in [-0.4, -0.2) is 31.7 Å². The summed E-state index contributed by atoms with van der Waals surface area (Å²) in [7, 11) is 1.67. The molecule has 2 N–H and O–H groups in total. The molecular weight excluding hydrogens is 202 g/mol. The van der Waals surface area contributed by atoms with Gasteiger partial charge in [-0.3, -0.25) is 0 Å². The van der Waals surface area contributed by atoms with Crippen LogP contribution in [0.4, 0.5) is 5.82 Å². The van der Waals surface area contributed by atoms with Gasteiger partial charge in [0.1, 0.15) is 0 Å². The first-order valence-electron chi connectivity index (χ1n) is 5.77. The second-order valence-corrected chi connectivity index (χ2v) is 3.66. The predicted octanol–water partition coefficient (Wildman–Crippen LogP) is 1.66. The number of hydrogen-bond acceptors (Lipinski definition) is 4. The summed E-state index contributed by atoms with van der Waals surface area (Å²) in [5.41, 5.74) is 5.54. The third-order valence-electron chi connectivity index (χ3n) is 2.40. The van der Waals surface area contributed by atoms with Crippen molar-refractivity contribution in [1.82, 2.24) is 4.98 Å². The van der Waals surface area contributed by atoms with Gasteiger partial charge in [-0.15, -0.1) is 0 Å². The lowest BCUT2D eigenvalue weighted by Gasteiger charge is -2.24. The molecule has 0 radical (unpaired) electrons. The number of aromatic nitrogens is 1. The Morgan fingerprint density at radius 1 is 1.44 bits per heavy atom. The zero-order valence-corrected chi connectivity index (χ0v) is 10.1. The first kappa shape index (κ1) is 12.8. The van der Waals surface area contributed by atoms with E-state index in [1.165, 1.54) is 0 Å². The monoisotopic (exact) mass is 223 g/mol. The molecule has 0 atom stereocenters. The molecule has 1 heterocycles. The smallest absolute Gasteiger partial charge is 0.171 e. The lowest BCUT2D eigenvalue weighted by atomic mass is 10.3. The topological polar surface area (TPSA) is 51.4 Å². The summed E-state index contributed by atoms with van der Waals surface area (Å²) < 4.78 is 5.32. The van der Waals surface area contributed by atoms with Gasteiger partial charge in [0.15, 0.2) is 11.6 Å². The maximum Gasteiger partial charge on any atom is 0.171 e. The van der Waals surface area contributed by atoms with Crippen molar-refractivity contribution in [3.05, 3.63) is 18.3 Å².